The van der Waals surface area contributed by atoms with Gasteiger partial charge in [0.1, 0.15) is 11.4 Å². The number of rotatable bonds is 3. The molecular formula is C18H20N6O. The lowest BCUT2D eigenvalue weighted by Gasteiger charge is -2.32. The van der Waals surface area contributed by atoms with Gasteiger partial charge in [-0.25, -0.2) is 14.5 Å². The number of anilines is 1. The zero-order chi connectivity index (χ0) is 17.2. The molecule has 0 spiro atoms. The summed E-state index contributed by atoms with van der Waals surface area (Å²) in [6, 6.07) is 8.01. The van der Waals surface area contributed by atoms with Crippen molar-refractivity contribution in [2.75, 3.05) is 25.0 Å². The van der Waals surface area contributed by atoms with Crippen LogP contribution in [0.1, 0.15) is 34.8 Å². The predicted octanol–water partition coefficient (Wildman–Crippen LogP) is 1.87. The molecule has 1 aliphatic rings. The lowest BCUT2D eigenvalue weighted by atomic mass is 9.93. The van der Waals surface area contributed by atoms with Crippen molar-refractivity contribution in [3.8, 4) is 0 Å². The quantitative estimate of drug-likeness (QED) is 0.790. The van der Waals surface area contributed by atoms with Gasteiger partial charge < -0.3 is 10.2 Å². The molecule has 7 nitrogen and oxygen atoms in total. The first-order valence-corrected chi connectivity index (χ1v) is 8.48. The van der Waals surface area contributed by atoms with Gasteiger partial charge in [-0.2, -0.15) is 5.10 Å². The van der Waals surface area contributed by atoms with Crippen LogP contribution in [0.15, 0.2) is 42.9 Å². The van der Waals surface area contributed by atoms with E-state index in [4.69, 9.17) is 0 Å². The maximum atomic E-state index is 12.0. The average Bonchev–Trinajstić information content (AvgIpc) is 3.12. The molecular weight excluding hydrogens is 316 g/mol. The Balaban J connectivity index is 1.57. The highest BCUT2D eigenvalue weighted by atomic mass is 16.1. The fourth-order valence-electron chi connectivity index (χ4n) is 3.46. The van der Waals surface area contributed by atoms with Crippen molar-refractivity contribution in [3.63, 3.8) is 0 Å². The summed E-state index contributed by atoms with van der Waals surface area (Å²) in [5.41, 5.74) is 2.24. The maximum Gasteiger partial charge on any atom is 0.256 e. The standard InChI is InChI=1S/C18H20N6O/c1-19-18(25)14-12-22-24-15(5-9-21-17(14)24)13-6-10-23(11-7-13)16-4-2-3-8-20-16/h2-5,8-9,12-13H,6-7,10-11H2,1H3,(H,19,25). The number of pyridine rings is 1. The molecule has 1 N–H and O–H groups in total. The molecule has 0 saturated carbocycles. The zero-order valence-electron chi connectivity index (χ0n) is 14.1. The second kappa shape index (κ2) is 6.51. The Bertz CT molecular complexity index is 883. The highest BCUT2D eigenvalue weighted by molar-refractivity contribution is 5.99. The molecule has 7 heteroatoms. The summed E-state index contributed by atoms with van der Waals surface area (Å²) in [5, 5.41) is 7.04. The molecule has 1 saturated heterocycles. The largest absolute Gasteiger partial charge is 0.357 e. The first-order valence-electron chi connectivity index (χ1n) is 8.48. The minimum absolute atomic E-state index is 0.162. The summed E-state index contributed by atoms with van der Waals surface area (Å²) in [4.78, 5) is 23.1. The number of amides is 1. The SMILES string of the molecule is CNC(=O)c1cnn2c(C3CCN(c4ccccn4)CC3)ccnc12. The van der Waals surface area contributed by atoms with E-state index in [0.717, 1.165) is 37.4 Å². The highest BCUT2D eigenvalue weighted by Crippen LogP contribution is 2.30. The van der Waals surface area contributed by atoms with E-state index in [0.29, 0.717) is 17.1 Å². The van der Waals surface area contributed by atoms with Crippen molar-refractivity contribution in [1.29, 1.82) is 0 Å². The fourth-order valence-corrected chi connectivity index (χ4v) is 3.46. The van der Waals surface area contributed by atoms with E-state index >= 15 is 0 Å². The number of nitrogens with one attached hydrogen (secondary N) is 1. The van der Waals surface area contributed by atoms with Crippen LogP contribution in [-0.2, 0) is 0 Å². The number of nitrogens with zero attached hydrogens (tertiary/aromatic N) is 5. The molecule has 0 atom stereocenters. The average molecular weight is 336 g/mol. The van der Waals surface area contributed by atoms with E-state index in [9.17, 15) is 4.79 Å². The van der Waals surface area contributed by atoms with E-state index in [-0.39, 0.29) is 5.91 Å². The Hall–Kier alpha value is -2.96. The van der Waals surface area contributed by atoms with Crippen LogP contribution >= 0.6 is 0 Å². The second-order valence-electron chi connectivity index (χ2n) is 6.19. The summed E-state index contributed by atoms with van der Waals surface area (Å²) in [6.07, 6.45) is 7.23. The monoisotopic (exact) mass is 336 g/mol. The fraction of sp³-hybridized carbons (Fsp3) is 0.333. The molecule has 3 aromatic heterocycles. The van der Waals surface area contributed by atoms with E-state index in [1.807, 2.05) is 35.0 Å². The first-order chi connectivity index (χ1) is 12.3. The molecule has 25 heavy (non-hydrogen) atoms. The van der Waals surface area contributed by atoms with Crippen molar-refractivity contribution >= 4 is 17.4 Å². The molecule has 128 valence electrons. The van der Waals surface area contributed by atoms with Crippen LogP contribution in [0.4, 0.5) is 5.82 Å². The van der Waals surface area contributed by atoms with Gasteiger partial charge in [0.15, 0.2) is 5.65 Å². The number of hydrogen-bond acceptors (Lipinski definition) is 5. The number of hydrogen-bond donors (Lipinski definition) is 1. The molecule has 1 aliphatic heterocycles. The van der Waals surface area contributed by atoms with Crippen LogP contribution in [-0.4, -0.2) is 45.6 Å². The predicted molar refractivity (Wildman–Crippen MR) is 94.8 cm³/mol. The highest BCUT2D eigenvalue weighted by Gasteiger charge is 2.24. The third kappa shape index (κ3) is 2.82. The molecule has 4 heterocycles. The summed E-state index contributed by atoms with van der Waals surface area (Å²) in [6.45, 7) is 1.91. The van der Waals surface area contributed by atoms with Gasteiger partial charge in [0.2, 0.25) is 0 Å². The van der Waals surface area contributed by atoms with Gasteiger partial charge >= 0.3 is 0 Å². The van der Waals surface area contributed by atoms with Crippen LogP contribution in [0.2, 0.25) is 0 Å². The maximum absolute atomic E-state index is 12.0. The summed E-state index contributed by atoms with van der Waals surface area (Å²) in [5.74, 6) is 1.26. The zero-order valence-corrected chi connectivity index (χ0v) is 14.1. The van der Waals surface area contributed by atoms with Crippen LogP contribution in [0.3, 0.4) is 0 Å². The van der Waals surface area contributed by atoms with Gasteiger partial charge in [-0.1, -0.05) is 6.07 Å². The number of carbonyl (C=O) groups excluding carboxylic acids is 1. The van der Waals surface area contributed by atoms with Crippen molar-refractivity contribution in [1.82, 2.24) is 24.9 Å². The van der Waals surface area contributed by atoms with Gasteiger partial charge in [-0.05, 0) is 31.0 Å². The van der Waals surface area contributed by atoms with E-state index in [1.165, 1.54) is 0 Å². The molecule has 4 rings (SSSR count). The Morgan fingerprint density at radius 3 is 2.72 bits per heavy atom. The minimum atomic E-state index is -0.162. The van der Waals surface area contributed by atoms with Crippen molar-refractivity contribution in [2.45, 2.75) is 18.8 Å². The number of piperidine rings is 1. The van der Waals surface area contributed by atoms with Gasteiger partial charge in [0.05, 0.1) is 6.20 Å². The lowest BCUT2D eigenvalue weighted by Crippen LogP contribution is -2.34. The third-order valence-electron chi connectivity index (χ3n) is 4.79. The Morgan fingerprint density at radius 1 is 1.16 bits per heavy atom. The van der Waals surface area contributed by atoms with E-state index in [2.05, 4.69) is 25.3 Å². The van der Waals surface area contributed by atoms with Crippen LogP contribution in [0.5, 0.6) is 0 Å². The molecule has 0 radical (unpaired) electrons. The van der Waals surface area contributed by atoms with Gasteiger partial charge in [0, 0.05) is 44.1 Å². The molecule has 0 aliphatic carbocycles. The normalized spacial score (nSPS) is 15.5. The smallest absolute Gasteiger partial charge is 0.256 e. The summed E-state index contributed by atoms with van der Waals surface area (Å²) in [7, 11) is 1.61. The molecule has 3 aromatic rings. The molecule has 0 unspecified atom stereocenters. The van der Waals surface area contributed by atoms with Crippen LogP contribution < -0.4 is 10.2 Å². The van der Waals surface area contributed by atoms with Crippen molar-refractivity contribution in [3.05, 3.63) is 54.1 Å². The van der Waals surface area contributed by atoms with Gasteiger partial charge in [-0.15, -0.1) is 0 Å². The van der Waals surface area contributed by atoms with Crippen LogP contribution in [0, 0.1) is 0 Å². The lowest BCUT2D eigenvalue weighted by molar-refractivity contribution is 0.0964. The van der Waals surface area contributed by atoms with E-state index in [1.54, 1.807) is 19.4 Å². The second-order valence-corrected chi connectivity index (χ2v) is 6.19. The Labute approximate surface area is 145 Å². The van der Waals surface area contributed by atoms with Crippen molar-refractivity contribution < 1.29 is 4.79 Å². The molecule has 0 aromatic carbocycles. The summed E-state index contributed by atoms with van der Waals surface area (Å²) >= 11 is 0. The molecule has 0 bridgehead atoms. The van der Waals surface area contributed by atoms with Gasteiger partial charge in [-0.3, -0.25) is 4.79 Å². The van der Waals surface area contributed by atoms with Crippen molar-refractivity contribution in [2.24, 2.45) is 0 Å². The third-order valence-corrected chi connectivity index (χ3v) is 4.79. The molecule has 1 amide bonds. The number of aromatic nitrogens is 4. The summed E-state index contributed by atoms with van der Waals surface area (Å²) < 4.78 is 1.81. The Morgan fingerprint density at radius 2 is 2.00 bits per heavy atom. The number of carbonyl (C=O) groups is 1. The number of fused-ring (bicyclic) bond motifs is 1. The molecule has 1 fully saturated rings. The van der Waals surface area contributed by atoms with Crippen LogP contribution in [0.25, 0.3) is 5.65 Å². The van der Waals surface area contributed by atoms with Gasteiger partial charge in [0.25, 0.3) is 5.91 Å². The topological polar surface area (TPSA) is 75.4 Å². The minimum Gasteiger partial charge on any atom is -0.357 e. The first kappa shape index (κ1) is 15.6. The Kier molecular flexibility index (Phi) is 4.05. The van der Waals surface area contributed by atoms with E-state index < -0.39 is 0 Å².